The Morgan fingerprint density at radius 1 is 1.35 bits per heavy atom. The van der Waals surface area contributed by atoms with Crippen molar-refractivity contribution in [2.75, 3.05) is 12.4 Å². The molecule has 1 N–H and O–H groups in total. The minimum absolute atomic E-state index is 0.214. The van der Waals surface area contributed by atoms with E-state index in [1.54, 1.807) is 31.2 Å². The minimum atomic E-state index is -0.805. The summed E-state index contributed by atoms with van der Waals surface area (Å²) < 4.78 is 24.6. The molecule has 0 aliphatic heterocycles. The molecule has 2 aromatic carbocycles. The number of methoxy groups -OCH3 is 1. The molecule has 0 aliphatic carbocycles. The molecule has 23 heavy (non-hydrogen) atoms. The molecule has 1 atom stereocenters. The van der Waals surface area contributed by atoms with Crippen LogP contribution in [0.3, 0.4) is 0 Å². The summed E-state index contributed by atoms with van der Waals surface area (Å²) in [6.07, 6.45) is -0.805. The highest BCUT2D eigenvalue weighted by atomic mass is 79.9. The standard InChI is InChI=1S/C16H14BrClFNO3/c1-9(23-12-5-3-4-10(18)6-12)16(21)20-14-8-11(19)7-13(17)15(14)22-2/h3-9H,1-2H3,(H,20,21)/t9-/m0/s1. The van der Waals surface area contributed by atoms with Crippen LogP contribution in [0.25, 0.3) is 0 Å². The van der Waals surface area contributed by atoms with Gasteiger partial charge in [-0.2, -0.15) is 0 Å². The molecule has 0 unspecified atom stereocenters. The van der Waals surface area contributed by atoms with Crippen LogP contribution in [-0.4, -0.2) is 19.1 Å². The van der Waals surface area contributed by atoms with Crippen molar-refractivity contribution in [2.45, 2.75) is 13.0 Å². The first-order chi connectivity index (χ1) is 10.9. The number of hydrogen-bond donors (Lipinski definition) is 1. The highest BCUT2D eigenvalue weighted by molar-refractivity contribution is 9.10. The maximum absolute atomic E-state index is 13.5. The molecule has 0 heterocycles. The van der Waals surface area contributed by atoms with Crippen molar-refractivity contribution in [3.8, 4) is 11.5 Å². The smallest absolute Gasteiger partial charge is 0.265 e. The predicted molar refractivity (Wildman–Crippen MR) is 90.8 cm³/mol. The summed E-state index contributed by atoms with van der Waals surface area (Å²) in [6.45, 7) is 1.58. The lowest BCUT2D eigenvalue weighted by atomic mass is 10.2. The van der Waals surface area contributed by atoms with Crippen LogP contribution in [0.4, 0.5) is 10.1 Å². The van der Waals surface area contributed by atoms with Crippen molar-refractivity contribution >= 4 is 39.1 Å². The van der Waals surface area contributed by atoms with Gasteiger partial charge in [-0.25, -0.2) is 4.39 Å². The average molecular weight is 403 g/mol. The van der Waals surface area contributed by atoms with E-state index in [-0.39, 0.29) is 5.69 Å². The zero-order valence-corrected chi connectivity index (χ0v) is 14.7. The van der Waals surface area contributed by atoms with Gasteiger partial charge >= 0.3 is 0 Å². The highest BCUT2D eigenvalue weighted by Crippen LogP contribution is 2.34. The Kier molecular flexibility index (Phi) is 5.85. The third-order valence-corrected chi connectivity index (χ3v) is 3.77. The summed E-state index contributed by atoms with van der Waals surface area (Å²) in [6, 6.07) is 9.14. The van der Waals surface area contributed by atoms with Crippen molar-refractivity contribution in [3.05, 3.63) is 51.7 Å². The number of benzene rings is 2. The molecule has 7 heteroatoms. The second-order valence-corrected chi connectivity index (χ2v) is 5.97. The summed E-state index contributed by atoms with van der Waals surface area (Å²) in [5, 5.41) is 3.09. The van der Waals surface area contributed by atoms with Crippen LogP contribution < -0.4 is 14.8 Å². The van der Waals surface area contributed by atoms with E-state index in [1.807, 2.05) is 0 Å². The molecule has 122 valence electrons. The minimum Gasteiger partial charge on any atom is -0.493 e. The third kappa shape index (κ3) is 4.59. The third-order valence-electron chi connectivity index (χ3n) is 2.95. The van der Waals surface area contributed by atoms with Crippen LogP contribution in [0.5, 0.6) is 11.5 Å². The molecule has 0 fully saturated rings. The van der Waals surface area contributed by atoms with Crippen molar-refractivity contribution in [1.82, 2.24) is 0 Å². The van der Waals surface area contributed by atoms with Gasteiger partial charge in [-0.15, -0.1) is 0 Å². The number of rotatable bonds is 5. The van der Waals surface area contributed by atoms with E-state index in [0.717, 1.165) is 0 Å². The fourth-order valence-electron chi connectivity index (χ4n) is 1.89. The maximum Gasteiger partial charge on any atom is 0.265 e. The van der Waals surface area contributed by atoms with Gasteiger partial charge in [-0.1, -0.05) is 17.7 Å². The van der Waals surface area contributed by atoms with E-state index in [0.29, 0.717) is 21.0 Å². The summed E-state index contributed by atoms with van der Waals surface area (Å²) in [4.78, 5) is 12.2. The van der Waals surface area contributed by atoms with E-state index in [1.165, 1.54) is 19.2 Å². The van der Waals surface area contributed by atoms with Crippen molar-refractivity contribution in [2.24, 2.45) is 0 Å². The number of hydrogen-bond acceptors (Lipinski definition) is 3. The van der Waals surface area contributed by atoms with Crippen LogP contribution in [0, 0.1) is 5.82 Å². The summed E-state index contributed by atoms with van der Waals surface area (Å²) in [7, 11) is 1.43. The molecule has 0 radical (unpaired) electrons. The van der Waals surface area contributed by atoms with Gasteiger partial charge in [0.15, 0.2) is 11.9 Å². The van der Waals surface area contributed by atoms with Crippen molar-refractivity contribution < 1.29 is 18.7 Å². The molecule has 0 saturated carbocycles. The van der Waals surface area contributed by atoms with Gasteiger partial charge in [0.1, 0.15) is 11.6 Å². The molecule has 0 aromatic heterocycles. The Morgan fingerprint density at radius 3 is 2.74 bits per heavy atom. The summed E-state index contributed by atoms with van der Waals surface area (Å²) in [5.74, 6) is -0.153. The van der Waals surface area contributed by atoms with Crippen molar-refractivity contribution in [3.63, 3.8) is 0 Å². The molecule has 4 nitrogen and oxygen atoms in total. The van der Waals surface area contributed by atoms with Gasteiger partial charge in [0, 0.05) is 11.1 Å². The molecule has 0 bridgehead atoms. The SMILES string of the molecule is COc1c(Br)cc(F)cc1NC(=O)[C@H](C)Oc1cccc(Cl)c1. The predicted octanol–water partition coefficient (Wildman–Crippen LogP) is 4.66. The molecular formula is C16H14BrClFNO3. The first-order valence-electron chi connectivity index (χ1n) is 6.67. The fraction of sp³-hybridized carbons (Fsp3) is 0.188. The van der Waals surface area contributed by atoms with Gasteiger partial charge in [-0.3, -0.25) is 4.79 Å². The number of nitrogens with one attached hydrogen (secondary N) is 1. The van der Waals surface area contributed by atoms with E-state index in [2.05, 4.69) is 21.2 Å². The first kappa shape index (κ1) is 17.6. The Morgan fingerprint density at radius 2 is 2.09 bits per heavy atom. The monoisotopic (exact) mass is 401 g/mol. The number of ether oxygens (including phenoxy) is 2. The number of carbonyl (C=O) groups is 1. The van der Waals surface area contributed by atoms with Gasteiger partial charge in [0.2, 0.25) is 0 Å². The number of amides is 1. The molecule has 0 spiro atoms. The van der Waals surface area contributed by atoms with Crippen LogP contribution in [0.2, 0.25) is 5.02 Å². The van der Waals surface area contributed by atoms with Crippen molar-refractivity contribution in [1.29, 1.82) is 0 Å². The number of anilines is 1. The Bertz CT molecular complexity index is 726. The molecule has 0 saturated heterocycles. The van der Waals surface area contributed by atoms with Crippen LogP contribution in [0.15, 0.2) is 40.9 Å². The lowest BCUT2D eigenvalue weighted by Gasteiger charge is -2.17. The number of carbonyl (C=O) groups excluding carboxylic acids is 1. The fourth-order valence-corrected chi connectivity index (χ4v) is 2.67. The topological polar surface area (TPSA) is 47.6 Å². The van der Waals surface area contributed by atoms with Gasteiger partial charge in [0.05, 0.1) is 17.3 Å². The largest absolute Gasteiger partial charge is 0.493 e. The molecule has 2 rings (SSSR count). The lowest BCUT2D eigenvalue weighted by Crippen LogP contribution is -2.30. The zero-order valence-electron chi connectivity index (χ0n) is 12.4. The Balaban J connectivity index is 2.12. The van der Waals surface area contributed by atoms with E-state index >= 15 is 0 Å². The second kappa shape index (κ2) is 7.66. The van der Waals surface area contributed by atoms with Crippen LogP contribution >= 0.6 is 27.5 Å². The number of halogens is 3. The van der Waals surface area contributed by atoms with Crippen LogP contribution in [-0.2, 0) is 4.79 Å². The van der Waals surface area contributed by atoms with Gasteiger partial charge in [0.25, 0.3) is 5.91 Å². The zero-order chi connectivity index (χ0) is 17.0. The molecular weight excluding hydrogens is 389 g/mol. The quantitative estimate of drug-likeness (QED) is 0.791. The first-order valence-corrected chi connectivity index (χ1v) is 7.84. The normalized spacial score (nSPS) is 11.7. The summed E-state index contributed by atoms with van der Waals surface area (Å²) in [5.41, 5.74) is 0.214. The molecule has 0 aliphatic rings. The second-order valence-electron chi connectivity index (χ2n) is 4.68. The average Bonchev–Trinajstić information content (AvgIpc) is 2.46. The maximum atomic E-state index is 13.5. The highest BCUT2D eigenvalue weighted by Gasteiger charge is 2.18. The van der Waals surface area contributed by atoms with Gasteiger partial charge < -0.3 is 14.8 Å². The Hall–Kier alpha value is -1.79. The van der Waals surface area contributed by atoms with Crippen LogP contribution in [0.1, 0.15) is 6.92 Å². The molecule has 1 amide bonds. The summed E-state index contributed by atoms with van der Waals surface area (Å²) >= 11 is 9.05. The Labute approximate surface area is 146 Å². The van der Waals surface area contributed by atoms with Gasteiger partial charge in [-0.05, 0) is 47.1 Å². The van der Waals surface area contributed by atoms with E-state index in [9.17, 15) is 9.18 Å². The molecule has 2 aromatic rings. The lowest BCUT2D eigenvalue weighted by molar-refractivity contribution is -0.122. The van der Waals surface area contributed by atoms with E-state index < -0.39 is 17.8 Å². The van der Waals surface area contributed by atoms with E-state index in [4.69, 9.17) is 21.1 Å².